The molecular weight excluding hydrogens is 376 g/mol. The van der Waals surface area contributed by atoms with Crippen LogP contribution in [0.5, 0.6) is 5.75 Å². The van der Waals surface area contributed by atoms with Gasteiger partial charge in [-0.1, -0.05) is 30.9 Å². The third kappa shape index (κ3) is 4.45. The van der Waals surface area contributed by atoms with E-state index in [0.29, 0.717) is 50.0 Å². The molecular formula is C22H29ClN2O3. The van der Waals surface area contributed by atoms with Crippen molar-refractivity contribution >= 4 is 23.4 Å². The summed E-state index contributed by atoms with van der Waals surface area (Å²) in [6.45, 7) is 2.95. The second-order valence-electron chi connectivity index (χ2n) is 8.40. The zero-order chi connectivity index (χ0) is 19.5. The Kier molecular flexibility index (Phi) is 6.10. The minimum atomic E-state index is -0.109. The van der Waals surface area contributed by atoms with Gasteiger partial charge in [0, 0.05) is 36.6 Å². The molecule has 3 aliphatic rings. The first-order chi connectivity index (χ1) is 13.6. The van der Waals surface area contributed by atoms with Gasteiger partial charge in [0.15, 0.2) is 0 Å². The van der Waals surface area contributed by atoms with Crippen LogP contribution in [-0.2, 0) is 16.1 Å². The van der Waals surface area contributed by atoms with Gasteiger partial charge in [0.25, 0.3) is 0 Å². The van der Waals surface area contributed by atoms with E-state index in [2.05, 4.69) is 0 Å². The predicted octanol–water partition coefficient (Wildman–Crippen LogP) is 3.88. The molecule has 0 radical (unpaired) electrons. The number of carbonyl (C=O) groups excluding carboxylic acids is 2. The van der Waals surface area contributed by atoms with E-state index in [4.69, 9.17) is 16.3 Å². The molecule has 1 saturated heterocycles. The number of fused-ring (bicyclic) bond motifs is 1. The van der Waals surface area contributed by atoms with Gasteiger partial charge >= 0.3 is 0 Å². The molecule has 1 saturated carbocycles. The highest BCUT2D eigenvalue weighted by atomic mass is 35.5. The molecule has 0 spiro atoms. The third-order valence-electron chi connectivity index (χ3n) is 6.37. The molecule has 0 N–H and O–H groups in total. The lowest BCUT2D eigenvalue weighted by Gasteiger charge is -2.37. The topological polar surface area (TPSA) is 49.9 Å². The van der Waals surface area contributed by atoms with E-state index in [1.807, 2.05) is 28.0 Å². The van der Waals surface area contributed by atoms with Crippen molar-refractivity contribution < 1.29 is 14.3 Å². The first kappa shape index (κ1) is 19.6. The van der Waals surface area contributed by atoms with Crippen molar-refractivity contribution in [3.63, 3.8) is 0 Å². The Balaban J connectivity index is 1.41. The molecule has 2 fully saturated rings. The van der Waals surface area contributed by atoms with Gasteiger partial charge in [-0.15, -0.1) is 0 Å². The monoisotopic (exact) mass is 404 g/mol. The number of halogens is 1. The molecule has 4 rings (SSSR count). The van der Waals surface area contributed by atoms with Crippen LogP contribution >= 0.6 is 11.6 Å². The SMILES string of the molecule is O=C1CC[C@H](C(=O)N2CCOc3ccc(Cl)cc3C2)CN1CC1CCCCC1. The van der Waals surface area contributed by atoms with Crippen molar-refractivity contribution in [3.8, 4) is 5.75 Å². The number of hydrogen-bond donors (Lipinski definition) is 0. The van der Waals surface area contributed by atoms with Crippen LogP contribution in [-0.4, -0.2) is 47.9 Å². The maximum atomic E-state index is 13.2. The summed E-state index contributed by atoms with van der Waals surface area (Å²) >= 11 is 6.13. The molecule has 0 bridgehead atoms. The normalized spacial score (nSPS) is 23.8. The summed E-state index contributed by atoms with van der Waals surface area (Å²) in [5.41, 5.74) is 0.948. The number of benzene rings is 1. The van der Waals surface area contributed by atoms with Crippen molar-refractivity contribution in [2.75, 3.05) is 26.2 Å². The van der Waals surface area contributed by atoms with E-state index >= 15 is 0 Å². The van der Waals surface area contributed by atoms with Gasteiger partial charge in [-0.25, -0.2) is 0 Å². The van der Waals surface area contributed by atoms with Crippen LogP contribution < -0.4 is 4.74 Å². The van der Waals surface area contributed by atoms with Gasteiger partial charge in [0.1, 0.15) is 12.4 Å². The van der Waals surface area contributed by atoms with Gasteiger partial charge in [-0.05, 0) is 43.4 Å². The molecule has 2 amide bonds. The molecule has 28 heavy (non-hydrogen) atoms. The van der Waals surface area contributed by atoms with Crippen LogP contribution in [0, 0.1) is 11.8 Å². The number of ether oxygens (including phenoxy) is 1. The maximum Gasteiger partial charge on any atom is 0.227 e. The van der Waals surface area contributed by atoms with Crippen molar-refractivity contribution in [1.82, 2.24) is 9.80 Å². The summed E-state index contributed by atoms with van der Waals surface area (Å²) < 4.78 is 5.79. The Labute approximate surface area is 172 Å². The van der Waals surface area contributed by atoms with E-state index in [1.54, 1.807) is 0 Å². The van der Waals surface area contributed by atoms with Crippen LogP contribution in [0.3, 0.4) is 0 Å². The summed E-state index contributed by atoms with van der Waals surface area (Å²) in [4.78, 5) is 29.5. The summed E-state index contributed by atoms with van der Waals surface area (Å²) in [6.07, 6.45) is 7.41. The molecule has 1 atom stereocenters. The van der Waals surface area contributed by atoms with E-state index in [0.717, 1.165) is 17.9 Å². The predicted molar refractivity (Wildman–Crippen MR) is 108 cm³/mol. The molecule has 6 heteroatoms. The molecule has 152 valence electrons. The van der Waals surface area contributed by atoms with Gasteiger partial charge < -0.3 is 14.5 Å². The highest BCUT2D eigenvalue weighted by Crippen LogP contribution is 2.30. The Bertz CT molecular complexity index is 732. The van der Waals surface area contributed by atoms with E-state index in [9.17, 15) is 9.59 Å². The number of hydrogen-bond acceptors (Lipinski definition) is 3. The Morgan fingerprint density at radius 1 is 1.18 bits per heavy atom. The van der Waals surface area contributed by atoms with E-state index in [-0.39, 0.29) is 17.7 Å². The largest absolute Gasteiger partial charge is 0.491 e. The van der Waals surface area contributed by atoms with Crippen molar-refractivity contribution in [1.29, 1.82) is 0 Å². The van der Waals surface area contributed by atoms with Crippen molar-refractivity contribution in [2.45, 2.75) is 51.5 Å². The average Bonchev–Trinajstić information content (AvgIpc) is 2.92. The van der Waals surface area contributed by atoms with Crippen molar-refractivity contribution in [2.24, 2.45) is 11.8 Å². The lowest BCUT2D eigenvalue weighted by atomic mass is 9.87. The Morgan fingerprint density at radius 3 is 2.82 bits per heavy atom. The first-order valence-corrected chi connectivity index (χ1v) is 11.0. The van der Waals surface area contributed by atoms with Crippen LogP contribution in [0.2, 0.25) is 5.02 Å². The molecule has 2 heterocycles. The molecule has 1 aliphatic carbocycles. The lowest BCUT2D eigenvalue weighted by molar-refractivity contribution is -0.144. The van der Waals surface area contributed by atoms with Gasteiger partial charge in [0.05, 0.1) is 12.5 Å². The maximum absolute atomic E-state index is 13.2. The second kappa shape index (κ2) is 8.73. The number of amides is 2. The minimum absolute atomic E-state index is 0.109. The first-order valence-electron chi connectivity index (χ1n) is 10.6. The smallest absolute Gasteiger partial charge is 0.227 e. The Morgan fingerprint density at radius 2 is 2.00 bits per heavy atom. The molecule has 1 aromatic rings. The van der Waals surface area contributed by atoms with E-state index in [1.165, 1.54) is 32.1 Å². The summed E-state index contributed by atoms with van der Waals surface area (Å²) in [7, 11) is 0. The van der Waals surface area contributed by atoms with Crippen molar-refractivity contribution in [3.05, 3.63) is 28.8 Å². The van der Waals surface area contributed by atoms with Crippen LogP contribution in [0.4, 0.5) is 0 Å². The quantitative estimate of drug-likeness (QED) is 0.768. The zero-order valence-corrected chi connectivity index (χ0v) is 17.1. The lowest BCUT2D eigenvalue weighted by Crippen LogP contribution is -2.48. The fourth-order valence-electron chi connectivity index (χ4n) is 4.78. The van der Waals surface area contributed by atoms with Crippen LogP contribution in [0.15, 0.2) is 18.2 Å². The number of piperidine rings is 1. The van der Waals surface area contributed by atoms with Gasteiger partial charge in [-0.3, -0.25) is 9.59 Å². The summed E-state index contributed by atoms with van der Waals surface area (Å²) in [5, 5.41) is 0.651. The van der Waals surface area contributed by atoms with Crippen LogP contribution in [0.1, 0.15) is 50.5 Å². The molecule has 1 aromatic carbocycles. The van der Waals surface area contributed by atoms with E-state index < -0.39 is 0 Å². The number of rotatable bonds is 3. The number of carbonyl (C=O) groups is 2. The van der Waals surface area contributed by atoms with Gasteiger partial charge in [0.2, 0.25) is 11.8 Å². The van der Waals surface area contributed by atoms with Gasteiger partial charge in [-0.2, -0.15) is 0 Å². The Hall–Kier alpha value is -1.75. The zero-order valence-electron chi connectivity index (χ0n) is 16.4. The average molecular weight is 405 g/mol. The second-order valence-corrected chi connectivity index (χ2v) is 8.84. The highest BCUT2D eigenvalue weighted by molar-refractivity contribution is 6.30. The fourth-order valence-corrected chi connectivity index (χ4v) is 4.98. The third-order valence-corrected chi connectivity index (χ3v) is 6.60. The molecule has 0 aromatic heterocycles. The minimum Gasteiger partial charge on any atom is -0.491 e. The number of likely N-dealkylation sites (tertiary alicyclic amines) is 1. The highest BCUT2D eigenvalue weighted by Gasteiger charge is 2.34. The number of nitrogens with zero attached hydrogens (tertiary/aromatic N) is 2. The molecule has 5 nitrogen and oxygen atoms in total. The standard InChI is InChI=1S/C22H29ClN2O3/c23-19-7-8-20-18(12-19)15-24(10-11-28-20)22(27)17-6-9-21(26)25(14-17)13-16-4-2-1-3-5-16/h7-8,12,16-17H,1-6,9-11,13-15H2/t17-/m0/s1. The fraction of sp³-hybridized carbons (Fsp3) is 0.636. The summed E-state index contributed by atoms with van der Waals surface area (Å²) in [6, 6.07) is 5.56. The molecule has 2 aliphatic heterocycles. The molecule has 0 unspecified atom stereocenters. The van der Waals surface area contributed by atoms with Crippen LogP contribution in [0.25, 0.3) is 0 Å². The summed E-state index contributed by atoms with van der Waals surface area (Å²) in [5.74, 6) is 1.65.